The zero-order valence-electron chi connectivity index (χ0n) is 10.8. The molecule has 3 atom stereocenters. The van der Waals surface area contributed by atoms with E-state index < -0.39 is 0 Å². The Morgan fingerprint density at radius 3 is 2.44 bits per heavy atom. The third-order valence-electron chi connectivity index (χ3n) is 4.88. The number of rotatable bonds is 3. The summed E-state index contributed by atoms with van der Waals surface area (Å²) in [4.78, 5) is 0. The molecule has 0 saturated heterocycles. The molecule has 0 amide bonds. The zero-order chi connectivity index (χ0) is 11.6. The van der Waals surface area contributed by atoms with E-state index in [4.69, 9.17) is 0 Å². The maximum atomic E-state index is 9.83. The van der Waals surface area contributed by atoms with Crippen molar-refractivity contribution in [1.82, 2.24) is 5.32 Å². The van der Waals surface area contributed by atoms with Crippen molar-refractivity contribution in [3.05, 3.63) is 0 Å². The fourth-order valence-electron chi connectivity index (χ4n) is 3.68. The molecular weight excluding hydrogens is 198 g/mol. The van der Waals surface area contributed by atoms with Gasteiger partial charge in [-0.15, -0.1) is 0 Å². The summed E-state index contributed by atoms with van der Waals surface area (Å²) in [5.41, 5.74) is 0.0205. The van der Waals surface area contributed by atoms with Gasteiger partial charge in [0.25, 0.3) is 0 Å². The molecule has 2 N–H and O–H groups in total. The summed E-state index contributed by atoms with van der Waals surface area (Å²) < 4.78 is 0. The minimum absolute atomic E-state index is 0.0205. The molecule has 0 aromatic rings. The van der Waals surface area contributed by atoms with Crippen LogP contribution in [0.4, 0.5) is 0 Å². The topological polar surface area (TPSA) is 32.3 Å². The Hall–Kier alpha value is -0.0800. The van der Waals surface area contributed by atoms with Gasteiger partial charge in [0.2, 0.25) is 0 Å². The number of nitrogens with one attached hydrogen (secondary N) is 1. The SMILES string of the molecule is CC1CCC(C)C(CO)(NC2CCCC2)C1. The summed E-state index contributed by atoms with van der Waals surface area (Å²) in [5.74, 6) is 1.38. The van der Waals surface area contributed by atoms with Crippen molar-refractivity contribution in [3.8, 4) is 0 Å². The molecule has 2 heteroatoms. The molecule has 2 rings (SSSR count). The molecule has 2 fully saturated rings. The highest BCUT2D eigenvalue weighted by Gasteiger charge is 2.41. The molecule has 2 saturated carbocycles. The molecule has 3 unspecified atom stereocenters. The molecule has 2 aliphatic carbocycles. The van der Waals surface area contributed by atoms with Gasteiger partial charge < -0.3 is 10.4 Å². The molecule has 0 aliphatic heterocycles. The second-order valence-corrected chi connectivity index (χ2v) is 6.23. The van der Waals surface area contributed by atoms with Gasteiger partial charge in [0.05, 0.1) is 6.61 Å². The summed E-state index contributed by atoms with van der Waals surface area (Å²) in [5, 5.41) is 13.6. The average molecular weight is 225 g/mol. The van der Waals surface area contributed by atoms with Crippen LogP contribution in [0.15, 0.2) is 0 Å². The fraction of sp³-hybridized carbons (Fsp3) is 1.00. The molecule has 94 valence electrons. The lowest BCUT2D eigenvalue weighted by molar-refractivity contribution is 0.0445. The third kappa shape index (κ3) is 2.43. The van der Waals surface area contributed by atoms with E-state index in [2.05, 4.69) is 19.2 Å². The number of aliphatic hydroxyl groups is 1. The summed E-state index contributed by atoms with van der Waals surface area (Å²) in [7, 11) is 0. The van der Waals surface area contributed by atoms with Gasteiger partial charge >= 0.3 is 0 Å². The summed E-state index contributed by atoms with van der Waals surface area (Å²) in [6.45, 7) is 4.95. The minimum atomic E-state index is 0.0205. The summed E-state index contributed by atoms with van der Waals surface area (Å²) >= 11 is 0. The van der Waals surface area contributed by atoms with Crippen LogP contribution >= 0.6 is 0 Å². The first-order chi connectivity index (χ1) is 7.66. The van der Waals surface area contributed by atoms with Crippen molar-refractivity contribution < 1.29 is 5.11 Å². The molecule has 2 nitrogen and oxygen atoms in total. The second kappa shape index (κ2) is 5.05. The maximum absolute atomic E-state index is 9.83. The molecule has 2 aliphatic rings. The molecule has 0 aromatic heterocycles. The summed E-state index contributed by atoms with van der Waals surface area (Å²) in [6, 6.07) is 0.667. The number of aliphatic hydroxyl groups excluding tert-OH is 1. The second-order valence-electron chi connectivity index (χ2n) is 6.23. The van der Waals surface area contributed by atoms with E-state index in [0.717, 1.165) is 12.3 Å². The molecule has 0 aromatic carbocycles. The quantitative estimate of drug-likeness (QED) is 0.774. The van der Waals surface area contributed by atoms with Crippen LogP contribution in [-0.2, 0) is 0 Å². The van der Waals surface area contributed by atoms with Crippen molar-refractivity contribution in [1.29, 1.82) is 0 Å². The predicted molar refractivity (Wildman–Crippen MR) is 67.4 cm³/mol. The Balaban J connectivity index is 2.03. The van der Waals surface area contributed by atoms with Gasteiger partial charge in [-0.25, -0.2) is 0 Å². The molecule has 0 bridgehead atoms. The zero-order valence-corrected chi connectivity index (χ0v) is 10.8. The Kier molecular flexibility index (Phi) is 3.91. The predicted octanol–water partition coefficient (Wildman–Crippen LogP) is 2.71. The highest BCUT2D eigenvalue weighted by Crippen LogP contribution is 2.38. The van der Waals surface area contributed by atoms with Gasteiger partial charge in [0.1, 0.15) is 0 Å². The lowest BCUT2D eigenvalue weighted by Crippen LogP contribution is -2.59. The first-order valence-electron chi connectivity index (χ1n) is 7.05. The minimum Gasteiger partial charge on any atom is -0.394 e. The van der Waals surface area contributed by atoms with Crippen molar-refractivity contribution in [2.24, 2.45) is 11.8 Å². The van der Waals surface area contributed by atoms with Crippen molar-refractivity contribution >= 4 is 0 Å². The fourth-order valence-corrected chi connectivity index (χ4v) is 3.68. The lowest BCUT2D eigenvalue weighted by atomic mass is 9.69. The molecular formula is C14H27NO. The van der Waals surface area contributed by atoms with Crippen LogP contribution < -0.4 is 5.32 Å². The van der Waals surface area contributed by atoms with Gasteiger partial charge in [-0.2, -0.15) is 0 Å². The van der Waals surface area contributed by atoms with Crippen LogP contribution in [0.5, 0.6) is 0 Å². The van der Waals surface area contributed by atoms with E-state index in [-0.39, 0.29) is 5.54 Å². The highest BCUT2D eigenvalue weighted by atomic mass is 16.3. The van der Waals surface area contributed by atoms with E-state index in [1.807, 2.05) is 0 Å². The first-order valence-corrected chi connectivity index (χ1v) is 7.05. The number of hydrogen-bond donors (Lipinski definition) is 2. The smallest absolute Gasteiger partial charge is 0.0616 e. The highest BCUT2D eigenvalue weighted by molar-refractivity contribution is 4.99. The van der Waals surface area contributed by atoms with E-state index in [1.54, 1.807) is 0 Å². The Morgan fingerprint density at radius 2 is 1.81 bits per heavy atom. The largest absolute Gasteiger partial charge is 0.394 e. The molecule has 0 radical (unpaired) electrons. The maximum Gasteiger partial charge on any atom is 0.0616 e. The Bertz CT molecular complexity index is 225. The van der Waals surface area contributed by atoms with Crippen molar-refractivity contribution in [2.75, 3.05) is 6.61 Å². The van der Waals surface area contributed by atoms with Gasteiger partial charge in [-0.1, -0.05) is 33.1 Å². The normalized spacial score (nSPS) is 41.4. The van der Waals surface area contributed by atoms with Crippen LogP contribution in [0.1, 0.15) is 58.8 Å². The monoisotopic (exact) mass is 225 g/mol. The molecule has 0 heterocycles. The third-order valence-corrected chi connectivity index (χ3v) is 4.88. The van der Waals surface area contributed by atoms with Crippen molar-refractivity contribution in [2.45, 2.75) is 70.4 Å². The van der Waals surface area contributed by atoms with Crippen molar-refractivity contribution in [3.63, 3.8) is 0 Å². The first kappa shape index (κ1) is 12.4. The number of hydrogen-bond acceptors (Lipinski definition) is 2. The van der Waals surface area contributed by atoms with Crippen LogP contribution in [0, 0.1) is 11.8 Å². The van der Waals surface area contributed by atoms with E-state index in [9.17, 15) is 5.11 Å². The molecule has 0 spiro atoms. The van der Waals surface area contributed by atoms with Crippen LogP contribution in [-0.4, -0.2) is 23.3 Å². The average Bonchev–Trinajstić information content (AvgIpc) is 2.76. The summed E-state index contributed by atoms with van der Waals surface area (Å²) in [6.07, 6.45) is 9.09. The van der Waals surface area contributed by atoms with E-state index >= 15 is 0 Å². The Labute approximate surface area is 99.8 Å². The lowest BCUT2D eigenvalue weighted by Gasteiger charge is -2.46. The Morgan fingerprint density at radius 1 is 1.12 bits per heavy atom. The molecule has 16 heavy (non-hydrogen) atoms. The van der Waals surface area contributed by atoms with Gasteiger partial charge in [-0.3, -0.25) is 0 Å². The van der Waals surface area contributed by atoms with Crippen LogP contribution in [0.2, 0.25) is 0 Å². The van der Waals surface area contributed by atoms with E-state index in [0.29, 0.717) is 18.6 Å². The van der Waals surface area contributed by atoms with Crippen LogP contribution in [0.25, 0.3) is 0 Å². The van der Waals surface area contributed by atoms with Gasteiger partial charge in [0.15, 0.2) is 0 Å². The van der Waals surface area contributed by atoms with Crippen LogP contribution in [0.3, 0.4) is 0 Å². The van der Waals surface area contributed by atoms with E-state index in [1.165, 1.54) is 38.5 Å². The van der Waals surface area contributed by atoms with Gasteiger partial charge in [0, 0.05) is 11.6 Å². The standard InChI is InChI=1S/C14H27NO/c1-11-7-8-12(2)14(9-11,10-16)15-13-5-3-4-6-13/h11-13,15-16H,3-10H2,1-2H3. The van der Waals surface area contributed by atoms with Gasteiger partial charge in [-0.05, 0) is 37.5 Å².